The number of urea groups is 1. The maximum atomic E-state index is 13.5. The Labute approximate surface area is 173 Å². The van der Waals surface area contributed by atoms with Gasteiger partial charge in [0.2, 0.25) is 0 Å². The number of H-pyrrole nitrogens is 1. The summed E-state index contributed by atoms with van der Waals surface area (Å²) in [4.78, 5) is 18.2. The minimum atomic E-state index is -0.326. The van der Waals surface area contributed by atoms with Gasteiger partial charge in [-0.1, -0.05) is 23.7 Å². The highest BCUT2D eigenvalue weighted by Crippen LogP contribution is 2.39. The molecule has 4 rings (SSSR count). The van der Waals surface area contributed by atoms with E-state index in [0.717, 1.165) is 40.6 Å². The third kappa shape index (κ3) is 3.95. The van der Waals surface area contributed by atoms with Gasteiger partial charge in [-0.25, -0.2) is 9.18 Å². The molecule has 0 saturated heterocycles. The molecule has 0 bridgehead atoms. The number of fused-ring (bicyclic) bond motifs is 3. The van der Waals surface area contributed by atoms with Crippen LogP contribution in [-0.4, -0.2) is 42.7 Å². The quantitative estimate of drug-likeness (QED) is 0.596. The van der Waals surface area contributed by atoms with Crippen molar-refractivity contribution in [1.82, 2.24) is 15.2 Å². The van der Waals surface area contributed by atoms with E-state index in [-0.39, 0.29) is 17.9 Å². The number of carbonyl (C=O) groups is 1. The number of aromatic amines is 1. The van der Waals surface area contributed by atoms with Crippen LogP contribution >= 0.6 is 11.6 Å². The number of rotatable bonds is 5. The van der Waals surface area contributed by atoms with E-state index >= 15 is 0 Å². The van der Waals surface area contributed by atoms with E-state index in [1.165, 1.54) is 12.1 Å². The Kier molecular flexibility index (Phi) is 5.74. The fraction of sp³-hybridized carbons (Fsp3) is 0.318. The first-order valence-electron chi connectivity index (χ1n) is 9.67. The van der Waals surface area contributed by atoms with Gasteiger partial charge < -0.3 is 19.9 Å². The van der Waals surface area contributed by atoms with Crippen molar-refractivity contribution in [2.45, 2.75) is 18.9 Å². The molecule has 0 unspecified atom stereocenters. The molecular formula is C22H23ClFN3O2. The van der Waals surface area contributed by atoms with Crippen LogP contribution in [0.3, 0.4) is 0 Å². The number of benzene rings is 2. The zero-order chi connectivity index (χ0) is 20.4. The standard InChI is InChI=1S/C22H23ClFN3O2/c1-29-12-2-10-25-22(28)27-11-9-17-18-13-15(23)5-8-19(18)26-20(17)21(27)14-3-6-16(24)7-4-14/h3-8,13,21,26H,2,9-12H2,1H3,(H,25,28)/t21-/m1/s1. The Morgan fingerprint density at radius 3 is 2.86 bits per heavy atom. The molecule has 1 aromatic heterocycles. The summed E-state index contributed by atoms with van der Waals surface area (Å²) in [5.74, 6) is -0.302. The lowest BCUT2D eigenvalue weighted by Gasteiger charge is -2.36. The first-order valence-corrected chi connectivity index (χ1v) is 10.0. The highest BCUT2D eigenvalue weighted by Gasteiger charge is 2.34. The molecule has 1 aliphatic heterocycles. The second-order valence-electron chi connectivity index (χ2n) is 7.18. The van der Waals surface area contributed by atoms with Gasteiger partial charge in [0.25, 0.3) is 0 Å². The van der Waals surface area contributed by atoms with E-state index < -0.39 is 0 Å². The number of carbonyl (C=O) groups excluding carboxylic acids is 1. The van der Waals surface area contributed by atoms with Gasteiger partial charge in [0.15, 0.2) is 0 Å². The van der Waals surface area contributed by atoms with E-state index in [9.17, 15) is 9.18 Å². The lowest BCUT2D eigenvalue weighted by molar-refractivity contribution is 0.173. The number of nitrogens with one attached hydrogen (secondary N) is 2. The summed E-state index contributed by atoms with van der Waals surface area (Å²) in [6.07, 6.45) is 1.46. The van der Waals surface area contributed by atoms with Gasteiger partial charge in [0, 0.05) is 48.4 Å². The maximum absolute atomic E-state index is 13.5. The molecule has 2 amide bonds. The van der Waals surface area contributed by atoms with Gasteiger partial charge >= 0.3 is 6.03 Å². The van der Waals surface area contributed by atoms with Crippen molar-refractivity contribution in [3.8, 4) is 0 Å². The topological polar surface area (TPSA) is 57.4 Å². The van der Waals surface area contributed by atoms with Gasteiger partial charge in [0.05, 0.1) is 6.04 Å². The molecule has 29 heavy (non-hydrogen) atoms. The Hall–Kier alpha value is -2.57. The SMILES string of the molecule is COCCCNC(=O)N1CCc2c([nH]c3ccc(Cl)cc23)[C@H]1c1ccc(F)cc1. The van der Waals surface area contributed by atoms with E-state index in [1.807, 2.05) is 18.2 Å². The van der Waals surface area contributed by atoms with Crippen molar-refractivity contribution in [3.05, 3.63) is 70.1 Å². The van der Waals surface area contributed by atoms with Crippen LogP contribution in [0.2, 0.25) is 5.02 Å². The zero-order valence-corrected chi connectivity index (χ0v) is 16.9. The summed E-state index contributed by atoms with van der Waals surface area (Å²) >= 11 is 6.21. The Morgan fingerprint density at radius 2 is 2.10 bits per heavy atom. The molecule has 0 radical (unpaired) electrons. The van der Waals surface area contributed by atoms with Crippen LogP contribution in [0.25, 0.3) is 10.9 Å². The molecular weight excluding hydrogens is 393 g/mol. The summed E-state index contributed by atoms with van der Waals surface area (Å²) in [7, 11) is 1.64. The third-order valence-corrected chi connectivity index (χ3v) is 5.57. The van der Waals surface area contributed by atoms with Crippen LogP contribution in [0, 0.1) is 5.82 Å². The van der Waals surface area contributed by atoms with Crippen molar-refractivity contribution in [3.63, 3.8) is 0 Å². The summed E-state index contributed by atoms with van der Waals surface area (Å²) < 4.78 is 18.6. The number of hydrogen-bond donors (Lipinski definition) is 2. The van der Waals surface area contributed by atoms with Gasteiger partial charge in [-0.3, -0.25) is 0 Å². The van der Waals surface area contributed by atoms with Gasteiger partial charge in [-0.05, 0) is 54.3 Å². The fourth-order valence-corrected chi connectivity index (χ4v) is 4.16. The van der Waals surface area contributed by atoms with E-state index in [2.05, 4.69) is 10.3 Å². The molecule has 152 valence electrons. The molecule has 2 N–H and O–H groups in total. The second-order valence-corrected chi connectivity index (χ2v) is 7.62. The molecule has 0 saturated carbocycles. The van der Waals surface area contributed by atoms with Crippen LogP contribution in [0.5, 0.6) is 0 Å². The normalized spacial score (nSPS) is 16.1. The predicted octanol–water partition coefficient (Wildman–Crippen LogP) is 4.65. The molecule has 5 nitrogen and oxygen atoms in total. The highest BCUT2D eigenvalue weighted by molar-refractivity contribution is 6.31. The predicted molar refractivity (Wildman–Crippen MR) is 112 cm³/mol. The summed E-state index contributed by atoms with van der Waals surface area (Å²) in [6.45, 7) is 1.69. The highest BCUT2D eigenvalue weighted by atomic mass is 35.5. The van der Waals surface area contributed by atoms with Crippen molar-refractivity contribution in [2.24, 2.45) is 0 Å². The molecule has 0 spiro atoms. The first kappa shape index (κ1) is 19.7. The summed E-state index contributed by atoms with van der Waals surface area (Å²) in [5, 5.41) is 4.72. The Balaban J connectivity index is 1.72. The molecule has 1 atom stereocenters. The van der Waals surface area contributed by atoms with Gasteiger partial charge in [0.1, 0.15) is 5.82 Å². The van der Waals surface area contributed by atoms with Crippen molar-refractivity contribution < 1.29 is 13.9 Å². The molecule has 2 heterocycles. The Bertz CT molecular complexity index is 1020. The lowest BCUT2D eigenvalue weighted by Crippen LogP contribution is -2.46. The van der Waals surface area contributed by atoms with Crippen molar-refractivity contribution >= 4 is 28.5 Å². The molecule has 0 fully saturated rings. The van der Waals surface area contributed by atoms with E-state index in [1.54, 1.807) is 24.1 Å². The number of methoxy groups -OCH3 is 1. The fourth-order valence-electron chi connectivity index (χ4n) is 3.98. The second kappa shape index (κ2) is 8.43. The van der Waals surface area contributed by atoms with E-state index in [4.69, 9.17) is 16.3 Å². The first-order chi connectivity index (χ1) is 14.1. The van der Waals surface area contributed by atoms with Crippen LogP contribution in [0.4, 0.5) is 9.18 Å². The van der Waals surface area contributed by atoms with Crippen LogP contribution in [0.1, 0.15) is 29.3 Å². The maximum Gasteiger partial charge on any atom is 0.318 e. The molecule has 2 aromatic carbocycles. The van der Waals surface area contributed by atoms with Crippen molar-refractivity contribution in [2.75, 3.05) is 26.8 Å². The lowest BCUT2D eigenvalue weighted by atomic mass is 9.92. The minimum Gasteiger partial charge on any atom is -0.385 e. The number of ether oxygens (including phenoxy) is 1. The number of aromatic nitrogens is 1. The van der Waals surface area contributed by atoms with E-state index in [0.29, 0.717) is 24.7 Å². The molecule has 0 aliphatic carbocycles. The number of nitrogens with zero attached hydrogens (tertiary/aromatic N) is 1. The minimum absolute atomic E-state index is 0.141. The van der Waals surface area contributed by atoms with Gasteiger partial charge in [-0.15, -0.1) is 0 Å². The van der Waals surface area contributed by atoms with Crippen LogP contribution in [-0.2, 0) is 11.2 Å². The largest absolute Gasteiger partial charge is 0.385 e. The Morgan fingerprint density at radius 1 is 1.31 bits per heavy atom. The number of amides is 2. The molecule has 3 aromatic rings. The molecule has 1 aliphatic rings. The molecule has 7 heteroatoms. The number of halogens is 2. The van der Waals surface area contributed by atoms with Gasteiger partial charge in [-0.2, -0.15) is 0 Å². The number of hydrogen-bond acceptors (Lipinski definition) is 2. The average Bonchev–Trinajstić information content (AvgIpc) is 3.09. The van der Waals surface area contributed by atoms with Crippen LogP contribution < -0.4 is 5.32 Å². The zero-order valence-electron chi connectivity index (χ0n) is 16.2. The summed E-state index contributed by atoms with van der Waals surface area (Å²) in [6, 6.07) is 11.6. The van der Waals surface area contributed by atoms with Crippen molar-refractivity contribution in [1.29, 1.82) is 0 Å². The smallest absolute Gasteiger partial charge is 0.318 e. The monoisotopic (exact) mass is 415 g/mol. The summed E-state index contributed by atoms with van der Waals surface area (Å²) in [5.41, 5.74) is 3.94. The third-order valence-electron chi connectivity index (χ3n) is 5.34. The van der Waals surface area contributed by atoms with Crippen LogP contribution in [0.15, 0.2) is 42.5 Å². The average molecular weight is 416 g/mol.